The van der Waals surface area contributed by atoms with Gasteiger partial charge in [-0.15, -0.1) is 103 Å². The molecule has 0 aromatic heterocycles. The van der Waals surface area contributed by atoms with E-state index < -0.39 is 0 Å². The summed E-state index contributed by atoms with van der Waals surface area (Å²) >= 11 is 0. The van der Waals surface area contributed by atoms with Gasteiger partial charge < -0.3 is 93.2 Å². The molecule has 0 bridgehead atoms. The summed E-state index contributed by atoms with van der Waals surface area (Å²) in [5.41, 5.74) is 10.9. The van der Waals surface area contributed by atoms with Crippen molar-refractivity contribution in [1.29, 1.82) is 0 Å². The van der Waals surface area contributed by atoms with Crippen molar-refractivity contribution in [3.05, 3.63) is 93.2 Å². The van der Waals surface area contributed by atoms with E-state index in [1.54, 1.807) is 0 Å². The maximum atomic E-state index is 3.39. The van der Waals surface area contributed by atoms with Crippen molar-refractivity contribution in [2.24, 2.45) is 0 Å². The molecule has 0 nitrogen and oxygen atoms in total. The third-order valence-electron chi connectivity index (χ3n) is 7.41. The molecule has 0 heterocycles. The van der Waals surface area contributed by atoms with Crippen LogP contribution in [0.3, 0.4) is 0 Å². The topological polar surface area (TPSA) is 0 Å². The fourth-order valence-electron chi connectivity index (χ4n) is 5.27. The Bertz CT molecular complexity index is 757. The average Bonchev–Trinajstić information content (AvgIpc) is 3.11. The molecule has 0 aliphatic rings. The van der Waals surface area contributed by atoms with E-state index >= 15 is 0 Å². The van der Waals surface area contributed by atoms with Gasteiger partial charge in [-0.1, -0.05) is 111 Å². The predicted molar refractivity (Wildman–Crippen MR) is 219 cm³/mol. The average molecular weight is 1170 g/mol. The molecule has 0 aliphatic heterocycles. The Hall–Kier alpha value is 2.08. The van der Waals surface area contributed by atoms with Gasteiger partial charge in [-0.25, -0.2) is 0 Å². The first-order chi connectivity index (χ1) is 23.2. The second-order valence-corrected chi connectivity index (χ2v) is 10.9. The normalized spacial score (nSPS) is 11.7. The van der Waals surface area contributed by atoms with E-state index in [0.29, 0.717) is 0 Å². The molecule has 0 aromatic carbocycles. The van der Waals surface area contributed by atoms with E-state index in [2.05, 4.69) is 159 Å². The minimum atomic E-state index is 0. The van der Waals surface area contributed by atoms with Crippen molar-refractivity contribution >= 4 is 0 Å². The van der Waals surface area contributed by atoms with Crippen LogP contribution in [0.25, 0.3) is 0 Å². The first-order valence-electron chi connectivity index (χ1n) is 20.0. The molecule has 0 saturated heterocycles. The molecule has 0 atom stereocenters. The Morgan fingerprint density at radius 2 is 0.250 bits per heavy atom. The number of hydrogen-bond donors (Lipinski definition) is 0. The van der Waals surface area contributed by atoms with Crippen molar-refractivity contribution in [1.82, 2.24) is 0 Å². The Labute approximate surface area is 438 Å². The summed E-state index contributed by atoms with van der Waals surface area (Å²) in [6.45, 7) is 34.6. The van der Waals surface area contributed by atoms with Gasteiger partial charge in [0.15, 0.2) is 0 Å². The smallest absolute Gasteiger partial charge is 0.373 e. The van der Waals surface area contributed by atoms with Gasteiger partial charge in [0.25, 0.3) is 0 Å². The zero-order valence-electron chi connectivity index (χ0n) is 37.7. The molecule has 0 radical (unpaired) electrons. The van der Waals surface area contributed by atoms with Crippen LogP contribution in [0.15, 0.2) is 44.6 Å². The van der Waals surface area contributed by atoms with Crippen LogP contribution in [0.2, 0.25) is 0 Å². The second kappa shape index (κ2) is 71.6. The van der Waals surface area contributed by atoms with Gasteiger partial charge in [0, 0.05) is 0 Å². The Morgan fingerprint density at radius 1 is 0.179 bits per heavy atom. The van der Waals surface area contributed by atoms with Gasteiger partial charge in [-0.3, -0.25) is 0 Å². The number of hydrogen-bond acceptors (Lipinski definition) is 0. The molecular formula is C48H80Cu8. The molecule has 0 fully saturated rings. The van der Waals surface area contributed by atoms with Crippen LogP contribution in [0.5, 0.6) is 0 Å². The molecular weight excluding hydrogens is 1080 g/mol. The molecule has 360 valence electrons. The Balaban J connectivity index is -0.0000000440. The number of rotatable bonds is 20. The van der Waals surface area contributed by atoms with Crippen LogP contribution in [0.1, 0.15) is 214 Å². The van der Waals surface area contributed by atoms with Crippen molar-refractivity contribution in [2.75, 3.05) is 0 Å². The van der Waals surface area contributed by atoms with Gasteiger partial charge in [0.2, 0.25) is 0 Å². The fourth-order valence-corrected chi connectivity index (χ4v) is 5.27. The minimum Gasteiger partial charge on any atom is -0.373 e. The maximum absolute atomic E-state index is 3.39. The summed E-state index contributed by atoms with van der Waals surface area (Å²) in [6.07, 6.45) is 43.9. The van der Waals surface area contributed by atoms with E-state index in [1.807, 2.05) is 0 Å². The maximum Gasteiger partial charge on any atom is 1.00 e. The Morgan fingerprint density at radius 3 is 0.286 bits per heavy atom. The SMILES string of the molecule is CC[C-]=C(CC)C(=[C-]CC)CC.CC[C-]=C(CC)C(=[C-]CC)CC.CC[C-]=C(CC)C(=[C-]CC)CC.CC[C-]=C(CC)C(=[C-]CC)CC.[Cu+].[Cu+].[Cu+].[Cu+].[Cu+].[Cu+].[Cu+].[Cu+]. The zero-order chi connectivity index (χ0) is 37.6. The van der Waals surface area contributed by atoms with Crippen molar-refractivity contribution in [3.63, 3.8) is 0 Å². The summed E-state index contributed by atoms with van der Waals surface area (Å²) in [5, 5.41) is 0. The molecule has 0 rings (SSSR count). The van der Waals surface area contributed by atoms with Gasteiger partial charge >= 0.3 is 137 Å². The quantitative estimate of drug-likeness (QED) is 0.0647. The van der Waals surface area contributed by atoms with Crippen LogP contribution in [-0.4, -0.2) is 0 Å². The van der Waals surface area contributed by atoms with E-state index in [1.165, 1.54) is 44.6 Å². The predicted octanol–water partition coefficient (Wildman–Crippen LogP) is 16.3. The third-order valence-corrected chi connectivity index (χ3v) is 7.41. The zero-order valence-corrected chi connectivity index (χ0v) is 45.3. The van der Waals surface area contributed by atoms with Crippen LogP contribution in [0.4, 0.5) is 0 Å². The van der Waals surface area contributed by atoms with Crippen LogP contribution < -0.4 is 0 Å². The van der Waals surface area contributed by atoms with Crippen LogP contribution in [0, 0.1) is 48.6 Å². The van der Waals surface area contributed by atoms with Crippen molar-refractivity contribution in [2.45, 2.75) is 214 Å². The largest absolute Gasteiger partial charge is 1.00 e. The monoisotopic (exact) mass is 1160 g/mol. The molecule has 0 amide bonds. The van der Waals surface area contributed by atoms with Gasteiger partial charge in [-0.2, -0.15) is 0 Å². The molecule has 0 spiro atoms. The van der Waals surface area contributed by atoms with Gasteiger partial charge in [0.05, 0.1) is 0 Å². The number of allylic oxidation sites excluding steroid dienone is 16. The summed E-state index contributed by atoms with van der Waals surface area (Å²) < 4.78 is 0. The molecule has 0 saturated carbocycles. The standard InChI is InChI=1S/4C12H20.8Cu/c4*1-5-9-11(7-3)12(8-4)10-6-2;;;;;;;;/h4*5-8H2,1-4H3;;;;;;;;/q4*-2;8*+1. The Kier molecular flexibility index (Phi) is 114. The second-order valence-electron chi connectivity index (χ2n) is 10.9. The van der Waals surface area contributed by atoms with Gasteiger partial charge in [-0.05, 0) is 0 Å². The van der Waals surface area contributed by atoms with E-state index in [9.17, 15) is 0 Å². The molecule has 0 N–H and O–H groups in total. The summed E-state index contributed by atoms with van der Waals surface area (Å²) in [4.78, 5) is 0. The summed E-state index contributed by atoms with van der Waals surface area (Å²) in [7, 11) is 0. The molecule has 8 heteroatoms. The van der Waals surface area contributed by atoms with Crippen LogP contribution in [-0.2, 0) is 137 Å². The summed E-state index contributed by atoms with van der Waals surface area (Å²) in [5.74, 6) is 0. The fraction of sp³-hybridized carbons (Fsp3) is 0.667. The van der Waals surface area contributed by atoms with E-state index in [0.717, 1.165) is 103 Å². The molecule has 0 aliphatic carbocycles. The third kappa shape index (κ3) is 50.4. The van der Waals surface area contributed by atoms with Crippen molar-refractivity contribution in [3.8, 4) is 0 Å². The first kappa shape index (κ1) is 89.1. The first-order valence-corrected chi connectivity index (χ1v) is 20.0. The van der Waals surface area contributed by atoms with Crippen molar-refractivity contribution < 1.29 is 137 Å². The summed E-state index contributed by atoms with van der Waals surface area (Å²) in [6, 6.07) is 0. The molecule has 56 heavy (non-hydrogen) atoms. The molecule has 0 unspecified atom stereocenters. The van der Waals surface area contributed by atoms with Gasteiger partial charge in [0.1, 0.15) is 0 Å². The van der Waals surface area contributed by atoms with E-state index in [-0.39, 0.29) is 137 Å². The van der Waals surface area contributed by atoms with Crippen LogP contribution >= 0.6 is 0 Å². The minimum absolute atomic E-state index is 0. The molecule has 0 aromatic rings. The van der Waals surface area contributed by atoms with E-state index in [4.69, 9.17) is 0 Å².